The number of aryl methyl sites for hydroxylation is 1. The lowest BCUT2D eigenvalue weighted by atomic mass is 10.1. The number of thioether (sulfide) groups is 1. The molecule has 0 bridgehead atoms. The minimum absolute atomic E-state index is 0.189. The number of pyridine rings is 1. The second kappa shape index (κ2) is 10.7. The number of carbonyl (C=O) groups excluding carboxylic acids is 1. The van der Waals surface area contributed by atoms with Gasteiger partial charge in [0.05, 0.1) is 23.8 Å². The third kappa shape index (κ3) is 5.63. The molecule has 0 spiro atoms. The van der Waals surface area contributed by atoms with Gasteiger partial charge in [0, 0.05) is 24.1 Å². The van der Waals surface area contributed by atoms with Crippen LogP contribution in [0, 0.1) is 12.7 Å². The molecule has 7 heteroatoms. The maximum atomic E-state index is 13.3. The van der Waals surface area contributed by atoms with Gasteiger partial charge < -0.3 is 9.88 Å². The molecule has 0 aliphatic carbocycles. The van der Waals surface area contributed by atoms with Crippen LogP contribution in [0.3, 0.4) is 0 Å². The standard InChI is InChI=1S/C29H25FN4OS/c1-20-5-7-21(8-6-20)18-34-27-17-31-14-13-26(27)33-29(34)36-19-22-9-11-24(12-10-22)28(35)32-16-23-3-2-4-25(30)15-23/h2-15,17H,16,18-19H2,1H3,(H,32,35). The molecule has 0 atom stereocenters. The van der Waals surface area contributed by atoms with Gasteiger partial charge in [-0.3, -0.25) is 9.78 Å². The molecule has 5 aromatic rings. The first-order valence-electron chi connectivity index (χ1n) is 11.7. The van der Waals surface area contributed by atoms with Crippen molar-refractivity contribution >= 4 is 28.7 Å². The Labute approximate surface area is 213 Å². The minimum Gasteiger partial charge on any atom is -0.348 e. The Morgan fingerprint density at radius 2 is 1.75 bits per heavy atom. The van der Waals surface area contributed by atoms with Gasteiger partial charge in [0.15, 0.2) is 5.16 Å². The van der Waals surface area contributed by atoms with Gasteiger partial charge in [-0.25, -0.2) is 9.37 Å². The summed E-state index contributed by atoms with van der Waals surface area (Å²) in [5.41, 5.74) is 6.75. The number of halogens is 1. The second-order valence-corrected chi connectivity index (χ2v) is 9.57. The largest absolute Gasteiger partial charge is 0.348 e. The maximum absolute atomic E-state index is 13.3. The number of benzene rings is 3. The highest BCUT2D eigenvalue weighted by atomic mass is 32.2. The lowest BCUT2D eigenvalue weighted by Crippen LogP contribution is -2.22. The smallest absolute Gasteiger partial charge is 0.251 e. The monoisotopic (exact) mass is 496 g/mol. The van der Waals surface area contributed by atoms with Crippen LogP contribution in [0.1, 0.15) is 32.6 Å². The fraction of sp³-hybridized carbons (Fsp3) is 0.138. The van der Waals surface area contributed by atoms with Crippen LogP contribution in [0.25, 0.3) is 11.0 Å². The van der Waals surface area contributed by atoms with Crippen LogP contribution in [-0.2, 0) is 18.8 Å². The van der Waals surface area contributed by atoms with Gasteiger partial charge in [0.1, 0.15) is 5.82 Å². The van der Waals surface area contributed by atoms with E-state index in [9.17, 15) is 9.18 Å². The first-order valence-corrected chi connectivity index (χ1v) is 12.6. The summed E-state index contributed by atoms with van der Waals surface area (Å²) in [5.74, 6) is 0.216. The summed E-state index contributed by atoms with van der Waals surface area (Å²) in [4.78, 5) is 21.6. The maximum Gasteiger partial charge on any atom is 0.251 e. The van der Waals surface area contributed by atoms with Crippen LogP contribution >= 0.6 is 11.8 Å². The molecule has 0 saturated carbocycles. The molecule has 0 fully saturated rings. The van der Waals surface area contributed by atoms with Crippen LogP contribution in [0.15, 0.2) is 96.4 Å². The molecular formula is C29H25FN4OS. The van der Waals surface area contributed by atoms with Crippen LogP contribution < -0.4 is 5.32 Å². The van der Waals surface area contributed by atoms with Gasteiger partial charge in [0.2, 0.25) is 0 Å². The molecule has 0 saturated heterocycles. The highest BCUT2D eigenvalue weighted by molar-refractivity contribution is 7.98. The van der Waals surface area contributed by atoms with Crippen molar-refractivity contribution in [3.8, 4) is 0 Å². The Morgan fingerprint density at radius 3 is 2.53 bits per heavy atom. The quantitative estimate of drug-likeness (QED) is 0.262. The number of nitrogens with one attached hydrogen (secondary N) is 1. The Hall–Kier alpha value is -3.97. The fourth-order valence-electron chi connectivity index (χ4n) is 3.92. The normalized spacial score (nSPS) is 11.1. The Bertz CT molecular complexity index is 1500. The van der Waals surface area contributed by atoms with E-state index in [1.807, 2.05) is 36.5 Å². The number of nitrogens with zero attached hydrogens (tertiary/aromatic N) is 3. The fourth-order valence-corrected chi connectivity index (χ4v) is 4.89. The molecule has 5 nitrogen and oxygen atoms in total. The highest BCUT2D eigenvalue weighted by Crippen LogP contribution is 2.27. The molecule has 180 valence electrons. The molecule has 0 aliphatic rings. The molecule has 1 N–H and O–H groups in total. The molecule has 3 aromatic carbocycles. The van der Waals surface area contributed by atoms with Crippen molar-refractivity contribution in [2.45, 2.75) is 30.9 Å². The highest BCUT2D eigenvalue weighted by Gasteiger charge is 2.13. The van der Waals surface area contributed by atoms with Gasteiger partial charge in [-0.2, -0.15) is 0 Å². The third-order valence-corrected chi connectivity index (χ3v) is 6.95. The van der Waals surface area contributed by atoms with Crippen LogP contribution in [0.4, 0.5) is 4.39 Å². The minimum atomic E-state index is -0.313. The number of imidazole rings is 1. The van der Waals surface area contributed by atoms with E-state index in [-0.39, 0.29) is 18.3 Å². The van der Waals surface area contributed by atoms with Crippen molar-refractivity contribution in [3.63, 3.8) is 0 Å². The van der Waals surface area contributed by atoms with Gasteiger partial charge in [0.25, 0.3) is 5.91 Å². The third-order valence-electron chi connectivity index (χ3n) is 5.90. The van der Waals surface area contributed by atoms with Crippen molar-refractivity contribution < 1.29 is 9.18 Å². The van der Waals surface area contributed by atoms with Gasteiger partial charge in [-0.05, 0) is 53.9 Å². The Balaban J connectivity index is 1.26. The van der Waals surface area contributed by atoms with Crippen molar-refractivity contribution in [2.75, 3.05) is 0 Å². The van der Waals surface area contributed by atoms with E-state index in [0.717, 1.165) is 39.6 Å². The summed E-state index contributed by atoms with van der Waals surface area (Å²) >= 11 is 1.66. The van der Waals surface area contributed by atoms with Crippen molar-refractivity contribution in [1.82, 2.24) is 19.9 Å². The Morgan fingerprint density at radius 1 is 0.972 bits per heavy atom. The number of hydrogen-bond acceptors (Lipinski definition) is 4. The number of rotatable bonds is 8. The number of amides is 1. The van der Waals surface area contributed by atoms with Crippen LogP contribution in [-0.4, -0.2) is 20.4 Å². The first kappa shape index (κ1) is 23.8. The molecule has 0 radical (unpaired) electrons. The number of hydrogen-bond donors (Lipinski definition) is 1. The van der Waals surface area contributed by atoms with E-state index >= 15 is 0 Å². The summed E-state index contributed by atoms with van der Waals surface area (Å²) in [7, 11) is 0. The van der Waals surface area contributed by atoms with E-state index in [1.165, 1.54) is 23.3 Å². The summed E-state index contributed by atoms with van der Waals surface area (Å²) in [6.07, 6.45) is 3.62. The molecule has 0 unspecified atom stereocenters. The number of aromatic nitrogens is 3. The van der Waals surface area contributed by atoms with E-state index < -0.39 is 0 Å². The summed E-state index contributed by atoms with van der Waals surface area (Å²) in [6, 6.07) is 24.2. The molecular weight excluding hydrogens is 471 g/mol. The SMILES string of the molecule is Cc1ccc(Cn2c(SCc3ccc(C(=O)NCc4cccc(F)c4)cc3)nc3ccncc32)cc1. The summed E-state index contributed by atoms with van der Waals surface area (Å²) in [5, 5.41) is 3.77. The summed E-state index contributed by atoms with van der Waals surface area (Å²) in [6.45, 7) is 3.08. The molecule has 2 aromatic heterocycles. The zero-order chi connectivity index (χ0) is 24.9. The lowest BCUT2D eigenvalue weighted by Gasteiger charge is -2.10. The van der Waals surface area contributed by atoms with Gasteiger partial charge >= 0.3 is 0 Å². The number of fused-ring (bicyclic) bond motifs is 1. The zero-order valence-electron chi connectivity index (χ0n) is 19.8. The zero-order valence-corrected chi connectivity index (χ0v) is 20.6. The van der Waals surface area contributed by atoms with Crippen molar-refractivity contribution in [1.29, 1.82) is 0 Å². The van der Waals surface area contributed by atoms with E-state index in [2.05, 4.69) is 46.1 Å². The summed E-state index contributed by atoms with van der Waals surface area (Å²) < 4.78 is 15.5. The van der Waals surface area contributed by atoms with E-state index in [0.29, 0.717) is 5.56 Å². The van der Waals surface area contributed by atoms with Gasteiger partial charge in [-0.1, -0.05) is 65.9 Å². The van der Waals surface area contributed by atoms with Crippen molar-refractivity contribution in [3.05, 3.63) is 125 Å². The molecule has 36 heavy (non-hydrogen) atoms. The predicted octanol–water partition coefficient (Wildman–Crippen LogP) is 6.15. The predicted molar refractivity (Wildman–Crippen MR) is 141 cm³/mol. The van der Waals surface area contributed by atoms with E-state index in [4.69, 9.17) is 4.98 Å². The molecule has 2 heterocycles. The van der Waals surface area contributed by atoms with Crippen LogP contribution in [0.2, 0.25) is 0 Å². The second-order valence-electron chi connectivity index (χ2n) is 8.63. The first-order chi connectivity index (χ1) is 17.5. The van der Waals surface area contributed by atoms with Gasteiger partial charge in [-0.15, -0.1) is 0 Å². The van der Waals surface area contributed by atoms with Crippen molar-refractivity contribution in [2.24, 2.45) is 0 Å². The molecule has 0 aliphatic heterocycles. The molecule has 5 rings (SSSR count). The number of carbonyl (C=O) groups is 1. The molecule has 1 amide bonds. The average Bonchev–Trinajstić information content (AvgIpc) is 3.25. The Kier molecular flexibility index (Phi) is 7.09. The van der Waals surface area contributed by atoms with E-state index in [1.54, 1.807) is 30.1 Å². The lowest BCUT2D eigenvalue weighted by molar-refractivity contribution is 0.0951. The van der Waals surface area contributed by atoms with Crippen LogP contribution in [0.5, 0.6) is 0 Å². The average molecular weight is 497 g/mol. The topological polar surface area (TPSA) is 59.8 Å².